The quantitative estimate of drug-likeness (QED) is 0.665. The highest BCUT2D eigenvalue weighted by Gasteiger charge is 2.22. The molecule has 0 unspecified atom stereocenters. The van der Waals surface area contributed by atoms with Crippen LogP contribution in [0.25, 0.3) is 0 Å². The van der Waals surface area contributed by atoms with Crippen LogP contribution in [-0.2, 0) is 5.41 Å². The van der Waals surface area contributed by atoms with Gasteiger partial charge in [0.2, 0.25) is 0 Å². The molecule has 0 radical (unpaired) electrons. The molecule has 14 heavy (non-hydrogen) atoms. The molecular formula is C13H20O. The van der Waals surface area contributed by atoms with Crippen LogP contribution in [0.5, 0.6) is 5.75 Å². The zero-order valence-corrected chi connectivity index (χ0v) is 10.0. The first-order valence-electron chi connectivity index (χ1n) is 5.05. The largest absolute Gasteiger partial charge is 0.507 e. The number of aryl methyl sites for hydroxylation is 2. The Kier molecular flexibility index (Phi) is 2.62. The summed E-state index contributed by atoms with van der Waals surface area (Å²) in [5.41, 5.74) is 4.52. The number of hydrogen-bond acceptors (Lipinski definition) is 1. The van der Waals surface area contributed by atoms with Crippen LogP contribution in [-0.4, -0.2) is 5.11 Å². The van der Waals surface area contributed by atoms with Gasteiger partial charge in [-0.25, -0.2) is 0 Å². The summed E-state index contributed by atoms with van der Waals surface area (Å²) in [6.07, 6.45) is 0. The Hall–Kier alpha value is -0.980. The summed E-state index contributed by atoms with van der Waals surface area (Å²) in [6, 6.07) is 2.04. The fraction of sp³-hybridized carbons (Fsp3) is 0.538. The summed E-state index contributed by atoms with van der Waals surface area (Å²) < 4.78 is 0. The average molecular weight is 192 g/mol. The third-order valence-corrected chi connectivity index (χ3v) is 2.76. The average Bonchev–Trinajstić information content (AvgIpc) is 1.98. The lowest BCUT2D eigenvalue weighted by molar-refractivity contribution is 0.441. The molecule has 0 aliphatic rings. The minimum atomic E-state index is 0.00491. The van der Waals surface area contributed by atoms with Gasteiger partial charge in [0, 0.05) is 5.56 Å². The van der Waals surface area contributed by atoms with E-state index in [9.17, 15) is 5.11 Å². The topological polar surface area (TPSA) is 20.2 Å². The molecule has 1 aromatic rings. The van der Waals surface area contributed by atoms with E-state index in [0.717, 1.165) is 11.1 Å². The van der Waals surface area contributed by atoms with Crippen LogP contribution in [0, 0.1) is 20.8 Å². The van der Waals surface area contributed by atoms with Crippen LogP contribution < -0.4 is 0 Å². The Bertz CT molecular complexity index is 330. The highest BCUT2D eigenvalue weighted by atomic mass is 16.3. The highest BCUT2D eigenvalue weighted by Crippen LogP contribution is 2.37. The molecule has 0 saturated heterocycles. The van der Waals surface area contributed by atoms with Crippen LogP contribution in [0.4, 0.5) is 0 Å². The van der Waals surface area contributed by atoms with Crippen LogP contribution in [0.3, 0.4) is 0 Å². The van der Waals surface area contributed by atoms with Crippen molar-refractivity contribution in [2.24, 2.45) is 0 Å². The molecule has 1 N–H and O–H groups in total. The molecule has 0 aliphatic heterocycles. The molecule has 0 aromatic heterocycles. The summed E-state index contributed by atoms with van der Waals surface area (Å²) >= 11 is 0. The van der Waals surface area contributed by atoms with Gasteiger partial charge in [0.15, 0.2) is 0 Å². The third-order valence-electron chi connectivity index (χ3n) is 2.76. The Labute approximate surface area is 86.8 Å². The van der Waals surface area contributed by atoms with E-state index < -0.39 is 0 Å². The monoisotopic (exact) mass is 192 g/mol. The molecule has 0 aliphatic carbocycles. The second-order valence-electron chi connectivity index (χ2n) is 5.11. The van der Waals surface area contributed by atoms with Gasteiger partial charge in [-0.15, -0.1) is 0 Å². The van der Waals surface area contributed by atoms with Crippen molar-refractivity contribution in [3.63, 3.8) is 0 Å². The van der Waals surface area contributed by atoms with Gasteiger partial charge in [-0.05, 0) is 42.9 Å². The molecule has 0 atom stereocenters. The van der Waals surface area contributed by atoms with E-state index in [2.05, 4.69) is 34.6 Å². The van der Waals surface area contributed by atoms with Crippen molar-refractivity contribution in [3.8, 4) is 5.75 Å². The Morgan fingerprint density at radius 3 is 1.93 bits per heavy atom. The second-order valence-corrected chi connectivity index (χ2v) is 5.11. The van der Waals surface area contributed by atoms with E-state index in [1.54, 1.807) is 0 Å². The molecular weight excluding hydrogens is 172 g/mol. The molecule has 1 nitrogen and oxygen atoms in total. The summed E-state index contributed by atoms with van der Waals surface area (Å²) in [5, 5.41) is 10.0. The van der Waals surface area contributed by atoms with E-state index in [4.69, 9.17) is 0 Å². The maximum atomic E-state index is 10.0. The van der Waals surface area contributed by atoms with Gasteiger partial charge >= 0.3 is 0 Å². The Balaban J connectivity index is 3.56. The van der Waals surface area contributed by atoms with Crippen molar-refractivity contribution in [3.05, 3.63) is 28.3 Å². The molecule has 0 heterocycles. The van der Waals surface area contributed by atoms with Crippen LogP contribution >= 0.6 is 0 Å². The standard InChI is InChI=1S/C13H20O/c1-8-7-9(2)12(14)11(10(8)3)13(4,5)6/h7,14H,1-6H3. The van der Waals surface area contributed by atoms with Gasteiger partial charge < -0.3 is 5.11 Å². The predicted octanol–water partition coefficient (Wildman–Crippen LogP) is 3.61. The van der Waals surface area contributed by atoms with E-state index in [-0.39, 0.29) is 5.41 Å². The fourth-order valence-corrected chi connectivity index (χ4v) is 1.99. The molecule has 0 bridgehead atoms. The lowest BCUT2D eigenvalue weighted by atomic mass is 9.81. The summed E-state index contributed by atoms with van der Waals surface area (Å²) in [5.74, 6) is 0.459. The van der Waals surface area contributed by atoms with E-state index in [1.807, 2.05) is 13.0 Å². The number of aromatic hydroxyl groups is 1. The van der Waals surface area contributed by atoms with Gasteiger partial charge in [-0.1, -0.05) is 26.8 Å². The first-order chi connectivity index (χ1) is 6.25. The first-order valence-corrected chi connectivity index (χ1v) is 5.05. The molecule has 0 spiro atoms. The van der Waals surface area contributed by atoms with Crippen molar-refractivity contribution in [2.45, 2.75) is 47.0 Å². The maximum absolute atomic E-state index is 10.0. The molecule has 1 aromatic carbocycles. The Morgan fingerprint density at radius 1 is 1.00 bits per heavy atom. The van der Waals surface area contributed by atoms with Crippen LogP contribution in [0.2, 0.25) is 0 Å². The third kappa shape index (κ3) is 1.77. The van der Waals surface area contributed by atoms with E-state index in [0.29, 0.717) is 5.75 Å². The SMILES string of the molecule is Cc1cc(C)c(O)c(C(C)(C)C)c1C. The van der Waals surface area contributed by atoms with Gasteiger partial charge in [0.25, 0.3) is 0 Å². The van der Waals surface area contributed by atoms with Crippen molar-refractivity contribution < 1.29 is 5.11 Å². The number of phenols is 1. The number of hydrogen-bond donors (Lipinski definition) is 1. The van der Waals surface area contributed by atoms with Crippen molar-refractivity contribution in [1.29, 1.82) is 0 Å². The predicted molar refractivity (Wildman–Crippen MR) is 61.0 cm³/mol. The minimum Gasteiger partial charge on any atom is -0.507 e. The van der Waals surface area contributed by atoms with Gasteiger partial charge in [0.1, 0.15) is 5.75 Å². The molecule has 78 valence electrons. The zero-order valence-electron chi connectivity index (χ0n) is 10.0. The van der Waals surface area contributed by atoms with Crippen LogP contribution in [0.15, 0.2) is 6.07 Å². The van der Waals surface area contributed by atoms with Crippen molar-refractivity contribution in [1.82, 2.24) is 0 Å². The lowest BCUT2D eigenvalue weighted by Crippen LogP contribution is -2.14. The summed E-state index contributed by atoms with van der Waals surface area (Å²) in [6.45, 7) is 12.5. The fourth-order valence-electron chi connectivity index (χ4n) is 1.99. The molecule has 0 amide bonds. The first kappa shape index (κ1) is 11.1. The highest BCUT2D eigenvalue weighted by molar-refractivity contribution is 5.51. The maximum Gasteiger partial charge on any atom is 0.122 e. The van der Waals surface area contributed by atoms with Crippen molar-refractivity contribution >= 4 is 0 Å². The molecule has 1 heteroatoms. The summed E-state index contributed by atoms with van der Waals surface area (Å²) in [4.78, 5) is 0. The van der Waals surface area contributed by atoms with Gasteiger partial charge in [0.05, 0.1) is 0 Å². The number of phenolic OH excluding ortho intramolecular Hbond substituents is 1. The van der Waals surface area contributed by atoms with Gasteiger partial charge in [-0.3, -0.25) is 0 Å². The lowest BCUT2D eigenvalue weighted by Gasteiger charge is -2.25. The molecule has 1 rings (SSSR count). The number of rotatable bonds is 0. The Morgan fingerprint density at radius 2 is 1.50 bits per heavy atom. The number of benzene rings is 1. The van der Waals surface area contributed by atoms with E-state index in [1.165, 1.54) is 11.1 Å². The van der Waals surface area contributed by atoms with Gasteiger partial charge in [-0.2, -0.15) is 0 Å². The molecule has 0 fully saturated rings. The van der Waals surface area contributed by atoms with Crippen LogP contribution in [0.1, 0.15) is 43.0 Å². The second kappa shape index (κ2) is 3.30. The smallest absolute Gasteiger partial charge is 0.122 e. The van der Waals surface area contributed by atoms with Crippen molar-refractivity contribution in [2.75, 3.05) is 0 Å². The van der Waals surface area contributed by atoms with E-state index >= 15 is 0 Å². The minimum absolute atomic E-state index is 0.00491. The summed E-state index contributed by atoms with van der Waals surface area (Å²) in [7, 11) is 0. The molecule has 0 saturated carbocycles. The zero-order chi connectivity index (χ0) is 11.1. The normalized spacial score (nSPS) is 11.9.